The third-order valence-electron chi connectivity index (χ3n) is 6.53. The van der Waals surface area contributed by atoms with Gasteiger partial charge in [-0.05, 0) is 41.3 Å². The number of halogens is 1. The summed E-state index contributed by atoms with van der Waals surface area (Å²) in [5.41, 5.74) is 2.52. The summed E-state index contributed by atoms with van der Waals surface area (Å²) in [5.74, 6) is 2.08. The van der Waals surface area contributed by atoms with Crippen LogP contribution in [0.5, 0.6) is 28.7 Å². The maximum Gasteiger partial charge on any atom is 0.274 e. The van der Waals surface area contributed by atoms with Crippen LogP contribution in [0, 0.1) is 0 Å². The van der Waals surface area contributed by atoms with Gasteiger partial charge in [0.1, 0.15) is 17.2 Å². The minimum absolute atomic E-state index is 0.0854. The number of aromatic amines is 1. The Morgan fingerprint density at radius 1 is 1.03 bits per heavy atom. The summed E-state index contributed by atoms with van der Waals surface area (Å²) < 4.78 is 21.9. The Hall–Kier alpha value is -3.78. The Morgan fingerprint density at radius 3 is 2.46 bits per heavy atom. The molecular formula is C26H25ClN2O6. The number of rotatable bonds is 6. The molecule has 1 amide bonds. The molecule has 1 aromatic heterocycles. The monoisotopic (exact) mass is 496 g/mol. The smallest absolute Gasteiger partial charge is 0.274 e. The quantitative estimate of drug-likeness (QED) is 0.363. The van der Waals surface area contributed by atoms with Crippen molar-refractivity contribution in [2.24, 2.45) is 0 Å². The Labute approximate surface area is 206 Å². The number of aromatic hydroxyl groups is 1. The number of H-pyrrole nitrogens is 1. The molecule has 3 aromatic carbocycles. The van der Waals surface area contributed by atoms with E-state index < -0.39 is 0 Å². The largest absolute Gasteiger partial charge is 0.507 e. The molecular weight excluding hydrogens is 472 g/mol. The normalized spacial score (nSPS) is 14.9. The summed E-state index contributed by atoms with van der Waals surface area (Å²) in [4.78, 5) is 18.6. The number of phenolic OH excluding ortho intramolecular Hbond substituents is 1. The minimum Gasteiger partial charge on any atom is -0.507 e. The second-order valence-electron chi connectivity index (χ2n) is 8.30. The number of phenols is 1. The van der Waals surface area contributed by atoms with Gasteiger partial charge in [0.15, 0.2) is 11.5 Å². The van der Waals surface area contributed by atoms with Gasteiger partial charge in [0.2, 0.25) is 5.75 Å². The van der Waals surface area contributed by atoms with E-state index >= 15 is 0 Å². The van der Waals surface area contributed by atoms with Gasteiger partial charge >= 0.3 is 0 Å². The van der Waals surface area contributed by atoms with Gasteiger partial charge in [-0.15, -0.1) is 11.6 Å². The molecule has 0 spiro atoms. The minimum atomic E-state index is -0.253. The Kier molecular flexibility index (Phi) is 5.76. The van der Waals surface area contributed by atoms with Crippen LogP contribution >= 0.6 is 11.6 Å². The van der Waals surface area contributed by atoms with Crippen molar-refractivity contribution in [3.8, 4) is 28.7 Å². The lowest BCUT2D eigenvalue weighted by molar-refractivity contribution is 0.0984. The van der Waals surface area contributed by atoms with Crippen molar-refractivity contribution in [3.63, 3.8) is 0 Å². The number of fused-ring (bicyclic) bond motifs is 4. The first-order valence-corrected chi connectivity index (χ1v) is 11.5. The van der Waals surface area contributed by atoms with Crippen LogP contribution < -0.4 is 23.8 Å². The van der Waals surface area contributed by atoms with Gasteiger partial charge in [-0.1, -0.05) is 0 Å². The summed E-state index contributed by atoms with van der Waals surface area (Å²) in [6.07, 6.45) is 0. The van der Waals surface area contributed by atoms with Gasteiger partial charge in [-0.2, -0.15) is 0 Å². The SMILES string of the molecule is COc1ccc2c(O)cc3c(c2c1)[C@@H](CCl)CN3C(=O)c1cc2cc(OC)c(OC)c(OC)c2[nH]1. The lowest BCUT2D eigenvalue weighted by Gasteiger charge is -2.18. The lowest BCUT2D eigenvalue weighted by Crippen LogP contribution is -2.30. The molecule has 35 heavy (non-hydrogen) atoms. The summed E-state index contributed by atoms with van der Waals surface area (Å²) in [7, 11) is 6.19. The van der Waals surface area contributed by atoms with Gasteiger partial charge in [0.05, 0.1) is 39.6 Å². The van der Waals surface area contributed by atoms with Crippen LogP contribution in [-0.2, 0) is 0 Å². The molecule has 9 heteroatoms. The molecule has 2 heterocycles. The van der Waals surface area contributed by atoms with Crippen LogP contribution in [0.4, 0.5) is 5.69 Å². The van der Waals surface area contributed by atoms with Crippen LogP contribution in [0.3, 0.4) is 0 Å². The Bertz CT molecular complexity index is 1460. The molecule has 182 valence electrons. The summed E-state index contributed by atoms with van der Waals surface area (Å²) in [6, 6.07) is 10.6. The van der Waals surface area contributed by atoms with E-state index in [-0.39, 0.29) is 17.6 Å². The predicted octanol–water partition coefficient (Wildman–Crippen LogP) is 5.04. The second kappa shape index (κ2) is 8.78. The zero-order chi connectivity index (χ0) is 24.9. The van der Waals surface area contributed by atoms with E-state index in [4.69, 9.17) is 30.5 Å². The number of methoxy groups -OCH3 is 4. The number of carbonyl (C=O) groups excluding carboxylic acids is 1. The molecule has 1 aliphatic rings. The number of ether oxygens (including phenoxy) is 4. The predicted molar refractivity (Wildman–Crippen MR) is 135 cm³/mol. The van der Waals surface area contributed by atoms with Crippen molar-refractivity contribution in [2.75, 3.05) is 45.8 Å². The standard InChI is InChI=1S/C26H25ClN2O6/c1-32-15-5-6-16-17(9-15)22-14(11-27)12-29(19(22)10-20(16)30)26(31)18-7-13-8-21(33-2)24(34-3)25(35-4)23(13)28-18/h5-10,14,28,30H,11-12H2,1-4H3/t14-/m0/s1. The zero-order valence-corrected chi connectivity index (χ0v) is 20.5. The summed E-state index contributed by atoms with van der Waals surface area (Å²) in [6.45, 7) is 0.382. The van der Waals surface area contributed by atoms with Crippen molar-refractivity contribution < 1.29 is 28.8 Å². The Balaban J connectivity index is 1.65. The molecule has 0 fully saturated rings. The fraction of sp³-hybridized carbons (Fsp3) is 0.269. The van der Waals surface area contributed by atoms with E-state index in [0.29, 0.717) is 57.7 Å². The van der Waals surface area contributed by atoms with E-state index in [0.717, 1.165) is 16.3 Å². The maximum atomic E-state index is 13.8. The number of nitrogens with zero attached hydrogens (tertiary/aromatic N) is 1. The van der Waals surface area contributed by atoms with E-state index in [2.05, 4.69) is 4.98 Å². The van der Waals surface area contributed by atoms with E-state index in [1.165, 1.54) is 14.2 Å². The highest BCUT2D eigenvalue weighted by Gasteiger charge is 2.36. The van der Waals surface area contributed by atoms with Crippen molar-refractivity contribution in [1.29, 1.82) is 0 Å². The van der Waals surface area contributed by atoms with Gasteiger partial charge in [-0.25, -0.2) is 0 Å². The van der Waals surface area contributed by atoms with Gasteiger partial charge < -0.3 is 33.9 Å². The first kappa shape index (κ1) is 23.0. The zero-order valence-electron chi connectivity index (χ0n) is 19.8. The number of hydrogen-bond donors (Lipinski definition) is 2. The molecule has 2 N–H and O–H groups in total. The van der Waals surface area contributed by atoms with Crippen LogP contribution in [0.25, 0.3) is 21.7 Å². The number of hydrogen-bond acceptors (Lipinski definition) is 6. The lowest BCUT2D eigenvalue weighted by atomic mass is 9.95. The fourth-order valence-electron chi connectivity index (χ4n) is 4.90. The maximum absolute atomic E-state index is 13.8. The van der Waals surface area contributed by atoms with Crippen molar-refractivity contribution >= 4 is 44.9 Å². The number of anilines is 1. The van der Waals surface area contributed by atoms with Crippen LogP contribution in [0.1, 0.15) is 22.0 Å². The molecule has 8 nitrogen and oxygen atoms in total. The number of carbonyl (C=O) groups is 1. The average molecular weight is 497 g/mol. The van der Waals surface area contributed by atoms with E-state index in [9.17, 15) is 9.90 Å². The van der Waals surface area contributed by atoms with Crippen LogP contribution in [0.2, 0.25) is 0 Å². The average Bonchev–Trinajstić information content (AvgIpc) is 3.48. The van der Waals surface area contributed by atoms with Crippen molar-refractivity contribution in [2.45, 2.75) is 5.92 Å². The molecule has 1 aliphatic heterocycles. The molecule has 0 saturated heterocycles. The molecule has 1 atom stereocenters. The van der Waals surface area contributed by atoms with Crippen molar-refractivity contribution in [1.82, 2.24) is 4.98 Å². The summed E-state index contributed by atoms with van der Waals surface area (Å²) >= 11 is 6.35. The summed E-state index contributed by atoms with van der Waals surface area (Å²) in [5, 5.41) is 13.0. The molecule has 4 aromatic rings. The van der Waals surface area contributed by atoms with Gasteiger partial charge in [0, 0.05) is 35.2 Å². The number of nitrogens with one attached hydrogen (secondary N) is 1. The molecule has 0 unspecified atom stereocenters. The topological polar surface area (TPSA) is 93.2 Å². The van der Waals surface area contributed by atoms with Gasteiger partial charge in [-0.3, -0.25) is 4.79 Å². The third-order valence-corrected chi connectivity index (χ3v) is 6.90. The highest BCUT2D eigenvalue weighted by atomic mass is 35.5. The highest BCUT2D eigenvalue weighted by molar-refractivity contribution is 6.19. The van der Waals surface area contributed by atoms with Crippen molar-refractivity contribution in [3.05, 3.63) is 47.7 Å². The fourth-order valence-corrected chi connectivity index (χ4v) is 5.16. The molecule has 0 bridgehead atoms. The first-order valence-electron chi connectivity index (χ1n) is 11.0. The van der Waals surface area contributed by atoms with E-state index in [1.807, 2.05) is 12.1 Å². The first-order chi connectivity index (χ1) is 16.9. The highest BCUT2D eigenvalue weighted by Crippen LogP contribution is 2.47. The molecule has 0 radical (unpaired) electrons. The molecule has 0 aliphatic carbocycles. The number of benzene rings is 3. The molecule has 0 saturated carbocycles. The second-order valence-corrected chi connectivity index (χ2v) is 8.61. The van der Waals surface area contributed by atoms with Crippen LogP contribution in [-0.4, -0.2) is 56.9 Å². The number of alkyl halides is 1. The Morgan fingerprint density at radius 2 is 1.80 bits per heavy atom. The van der Waals surface area contributed by atoms with Crippen LogP contribution in [0.15, 0.2) is 36.4 Å². The third kappa shape index (κ3) is 3.47. The van der Waals surface area contributed by atoms with E-state index in [1.54, 1.807) is 43.4 Å². The molecule has 5 rings (SSSR count). The number of aromatic nitrogens is 1. The van der Waals surface area contributed by atoms with Gasteiger partial charge in [0.25, 0.3) is 5.91 Å². The number of amides is 1.